The molecule has 1 heteroatoms. The van der Waals surface area contributed by atoms with Crippen molar-refractivity contribution in [3.05, 3.63) is 29.8 Å². The minimum Gasteiger partial charge on any atom is -0.0656 e. The maximum atomic E-state index is 2.41. The van der Waals surface area contributed by atoms with Crippen LogP contribution in [0.25, 0.3) is 0 Å². The molecule has 0 amide bonds. The zero-order chi connectivity index (χ0) is 10.1. The van der Waals surface area contributed by atoms with Crippen molar-refractivity contribution in [1.29, 1.82) is 0 Å². The van der Waals surface area contributed by atoms with Crippen molar-refractivity contribution < 1.29 is 0 Å². The van der Waals surface area contributed by atoms with Gasteiger partial charge in [-0.3, -0.25) is 0 Å². The smallest absolute Gasteiger partial charge is 0.0656 e. The summed E-state index contributed by atoms with van der Waals surface area (Å²) in [5, 5.41) is 1.62. The maximum Gasteiger partial charge on any atom is 0.0779 e. The number of hydrogen-bond donors (Lipinski definition) is 0. The average Bonchev–Trinajstić information content (AvgIpc) is 2.03. The van der Waals surface area contributed by atoms with Gasteiger partial charge in [0.15, 0.2) is 0 Å². The van der Waals surface area contributed by atoms with E-state index in [1.165, 1.54) is 0 Å². The number of benzene rings is 1. The van der Waals surface area contributed by atoms with Crippen molar-refractivity contribution in [1.82, 2.24) is 0 Å². The van der Waals surface area contributed by atoms with E-state index in [9.17, 15) is 0 Å². The molecule has 0 spiro atoms. The molecule has 0 saturated carbocycles. The van der Waals surface area contributed by atoms with E-state index in [2.05, 4.69) is 57.8 Å². The molecule has 0 N–H and O–H groups in total. The first kappa shape index (κ1) is 10.5. The van der Waals surface area contributed by atoms with E-state index in [0.717, 1.165) is 0 Å². The maximum absolute atomic E-state index is 2.41. The van der Waals surface area contributed by atoms with Crippen molar-refractivity contribution in [3.63, 3.8) is 0 Å². The molecule has 72 valence electrons. The van der Waals surface area contributed by atoms with Crippen LogP contribution >= 0.6 is 0 Å². The molecule has 0 bridgehead atoms. The van der Waals surface area contributed by atoms with Crippen molar-refractivity contribution in [2.75, 3.05) is 0 Å². The van der Waals surface area contributed by atoms with Gasteiger partial charge in [0.25, 0.3) is 0 Å². The summed E-state index contributed by atoms with van der Waals surface area (Å²) < 4.78 is 0. The van der Waals surface area contributed by atoms with Crippen LogP contribution in [0.15, 0.2) is 24.3 Å². The molecule has 1 aromatic carbocycles. The molecule has 13 heavy (non-hydrogen) atoms. The molecule has 0 aliphatic rings. The summed E-state index contributed by atoms with van der Waals surface area (Å²) in [6.07, 6.45) is 0. The van der Waals surface area contributed by atoms with Crippen LogP contribution in [-0.4, -0.2) is 8.07 Å². The Morgan fingerprint density at radius 2 is 1.54 bits per heavy atom. The first-order chi connectivity index (χ1) is 5.93. The zero-order valence-corrected chi connectivity index (χ0v) is 10.4. The Labute approximate surface area is 83.0 Å². The molecule has 0 nitrogen and oxygen atoms in total. The van der Waals surface area contributed by atoms with Gasteiger partial charge in [-0.1, -0.05) is 62.9 Å². The zero-order valence-electron chi connectivity index (χ0n) is 9.39. The summed E-state index contributed by atoms with van der Waals surface area (Å²) in [4.78, 5) is 0. The minimum atomic E-state index is -1.14. The molecule has 1 rings (SSSR count). The molecule has 0 atom stereocenters. The monoisotopic (exact) mass is 192 g/mol. The van der Waals surface area contributed by atoms with Gasteiger partial charge in [0, 0.05) is 0 Å². The van der Waals surface area contributed by atoms with Crippen molar-refractivity contribution >= 4 is 13.3 Å². The van der Waals surface area contributed by atoms with Crippen molar-refractivity contribution in [3.8, 4) is 0 Å². The third-order valence-electron chi connectivity index (χ3n) is 2.39. The topological polar surface area (TPSA) is 0 Å². The molecule has 0 aromatic heterocycles. The van der Waals surface area contributed by atoms with Gasteiger partial charge in [0.1, 0.15) is 0 Å². The molecule has 0 unspecified atom stereocenters. The van der Waals surface area contributed by atoms with E-state index >= 15 is 0 Å². The van der Waals surface area contributed by atoms with Gasteiger partial charge < -0.3 is 0 Å². The number of hydrogen-bond acceptors (Lipinski definition) is 0. The van der Waals surface area contributed by atoms with Crippen LogP contribution in [-0.2, 0) is 0 Å². The summed E-state index contributed by atoms with van der Waals surface area (Å²) in [5.74, 6) is 0.655. The predicted octanol–water partition coefficient (Wildman–Crippen LogP) is 3.36. The van der Waals surface area contributed by atoms with Crippen LogP contribution in [0, 0.1) is 0 Å². The summed E-state index contributed by atoms with van der Waals surface area (Å²) in [6.45, 7) is 11.8. The molecule has 0 heterocycles. The van der Waals surface area contributed by atoms with E-state index in [0.29, 0.717) is 5.92 Å². The van der Waals surface area contributed by atoms with Crippen molar-refractivity contribution in [2.24, 2.45) is 0 Å². The first-order valence-corrected chi connectivity index (χ1v) is 8.52. The van der Waals surface area contributed by atoms with Crippen molar-refractivity contribution in [2.45, 2.75) is 39.4 Å². The Morgan fingerprint density at radius 1 is 1.00 bits per heavy atom. The van der Waals surface area contributed by atoms with Crippen LogP contribution in [0.3, 0.4) is 0 Å². The highest BCUT2D eigenvalue weighted by molar-refractivity contribution is 6.89. The Kier molecular flexibility index (Phi) is 2.97. The van der Waals surface area contributed by atoms with E-state index in [4.69, 9.17) is 0 Å². The molecule has 0 fully saturated rings. The molecule has 0 aliphatic heterocycles. The molecule has 1 aromatic rings. The lowest BCUT2D eigenvalue weighted by molar-refractivity contribution is 0.872. The summed E-state index contributed by atoms with van der Waals surface area (Å²) in [5.41, 5.74) is 1.54. The number of rotatable bonds is 2. The standard InChI is InChI=1S/C12H20Si/c1-10(2)11-8-6-7-9-12(11)13(3,4)5/h6-10H,1-5H3. The average molecular weight is 192 g/mol. The molecule has 0 aliphatic carbocycles. The van der Waals surface area contributed by atoms with Crippen LogP contribution in [0.4, 0.5) is 0 Å². The van der Waals surface area contributed by atoms with E-state index in [1.54, 1.807) is 10.8 Å². The lowest BCUT2D eigenvalue weighted by Gasteiger charge is -2.22. The lowest BCUT2D eigenvalue weighted by Crippen LogP contribution is -2.40. The second-order valence-electron chi connectivity index (χ2n) is 4.99. The van der Waals surface area contributed by atoms with Gasteiger partial charge in [-0.05, 0) is 11.5 Å². The summed E-state index contributed by atoms with van der Waals surface area (Å²) >= 11 is 0. The Hall–Kier alpha value is -0.563. The van der Waals surface area contributed by atoms with Gasteiger partial charge in [-0.2, -0.15) is 0 Å². The third-order valence-corrected chi connectivity index (χ3v) is 4.46. The lowest BCUT2D eigenvalue weighted by atomic mass is 10.0. The predicted molar refractivity (Wildman–Crippen MR) is 63.5 cm³/mol. The second-order valence-corrected chi connectivity index (χ2v) is 10.0. The minimum absolute atomic E-state index is 0.655. The fourth-order valence-corrected chi connectivity index (χ4v) is 3.52. The Bertz CT molecular complexity index is 281. The summed E-state index contributed by atoms with van der Waals surface area (Å²) in [7, 11) is -1.14. The first-order valence-electron chi connectivity index (χ1n) is 5.02. The third kappa shape index (κ3) is 2.44. The van der Waals surface area contributed by atoms with Gasteiger partial charge in [-0.15, -0.1) is 0 Å². The van der Waals surface area contributed by atoms with Gasteiger partial charge in [0.2, 0.25) is 0 Å². The van der Waals surface area contributed by atoms with E-state index in [1.807, 2.05) is 0 Å². The highest BCUT2D eigenvalue weighted by Crippen LogP contribution is 2.15. The molecule has 0 radical (unpaired) electrons. The SMILES string of the molecule is CC(C)c1ccccc1[Si](C)(C)C. The van der Waals surface area contributed by atoms with Crippen LogP contribution in [0.5, 0.6) is 0 Å². The fraction of sp³-hybridized carbons (Fsp3) is 0.500. The van der Waals surface area contributed by atoms with Crippen LogP contribution in [0.1, 0.15) is 25.3 Å². The highest BCUT2D eigenvalue weighted by atomic mass is 28.3. The van der Waals surface area contributed by atoms with E-state index in [-0.39, 0.29) is 0 Å². The van der Waals surface area contributed by atoms with Gasteiger partial charge in [0.05, 0.1) is 8.07 Å². The van der Waals surface area contributed by atoms with E-state index < -0.39 is 8.07 Å². The quantitative estimate of drug-likeness (QED) is 0.630. The highest BCUT2D eigenvalue weighted by Gasteiger charge is 2.20. The van der Waals surface area contributed by atoms with Gasteiger partial charge in [-0.25, -0.2) is 0 Å². The Balaban J connectivity index is 3.20. The normalized spacial score (nSPS) is 12.2. The summed E-state index contributed by atoms with van der Waals surface area (Å²) in [6, 6.07) is 8.90. The largest absolute Gasteiger partial charge is 0.0779 e. The van der Waals surface area contributed by atoms with Crippen LogP contribution in [0.2, 0.25) is 19.6 Å². The molecular weight excluding hydrogens is 172 g/mol. The second kappa shape index (κ2) is 3.67. The van der Waals surface area contributed by atoms with Crippen LogP contribution < -0.4 is 5.19 Å². The fourth-order valence-electron chi connectivity index (χ4n) is 1.68. The van der Waals surface area contributed by atoms with Gasteiger partial charge >= 0.3 is 0 Å². The molecular formula is C12H20Si. The Morgan fingerprint density at radius 3 is 1.92 bits per heavy atom. The molecule has 0 saturated heterocycles.